The van der Waals surface area contributed by atoms with Crippen LogP contribution in [0.3, 0.4) is 0 Å². The molecule has 0 radical (unpaired) electrons. The molecule has 13 heavy (non-hydrogen) atoms. The maximum atomic E-state index is 8.80. The Hall–Kier alpha value is -1.56. The average Bonchev–Trinajstić information content (AvgIpc) is 2.02. The zero-order chi connectivity index (χ0) is 9.90. The molecule has 0 spiro atoms. The summed E-state index contributed by atoms with van der Waals surface area (Å²) in [5.74, 6) is 0. The van der Waals surface area contributed by atoms with Gasteiger partial charge in [-0.3, -0.25) is 4.98 Å². The van der Waals surface area contributed by atoms with Crippen LogP contribution in [0.25, 0.3) is 0 Å². The van der Waals surface area contributed by atoms with Gasteiger partial charge in [-0.25, -0.2) is 0 Å². The van der Waals surface area contributed by atoms with Gasteiger partial charge < -0.3 is 5.32 Å². The Labute approximate surface area is 78.4 Å². The topological polar surface area (TPSA) is 48.7 Å². The third-order valence-corrected chi connectivity index (χ3v) is 1.45. The second-order valence-corrected chi connectivity index (χ2v) is 3.91. The highest BCUT2D eigenvalue weighted by Gasteiger charge is 2.11. The zero-order valence-electron chi connectivity index (χ0n) is 8.13. The van der Waals surface area contributed by atoms with Crippen molar-refractivity contribution in [2.24, 2.45) is 0 Å². The van der Waals surface area contributed by atoms with Crippen LogP contribution in [-0.4, -0.2) is 10.5 Å². The second-order valence-electron chi connectivity index (χ2n) is 3.91. The summed E-state index contributed by atoms with van der Waals surface area (Å²) in [6, 6.07) is 3.82. The molecular formula is C10H13N3. The average molecular weight is 175 g/mol. The first kappa shape index (κ1) is 9.53. The van der Waals surface area contributed by atoms with Crippen LogP contribution in [0, 0.1) is 11.3 Å². The predicted octanol–water partition coefficient (Wildman–Crippen LogP) is 2.16. The van der Waals surface area contributed by atoms with Crippen LogP contribution in [0.4, 0.5) is 5.69 Å². The van der Waals surface area contributed by atoms with E-state index in [4.69, 9.17) is 5.26 Å². The smallest absolute Gasteiger partial charge is 0.101 e. The number of nitrogens with zero attached hydrogens (tertiary/aromatic N) is 2. The van der Waals surface area contributed by atoms with Gasteiger partial charge in [-0.1, -0.05) is 0 Å². The summed E-state index contributed by atoms with van der Waals surface area (Å²) in [4.78, 5) is 3.96. The standard InChI is InChI=1S/C10H13N3/c1-10(2,3)13-9-7-12-5-4-8(9)6-11/h4-5,7,13H,1-3H3. The van der Waals surface area contributed by atoms with E-state index in [2.05, 4.69) is 16.4 Å². The fraction of sp³-hybridized carbons (Fsp3) is 0.400. The summed E-state index contributed by atoms with van der Waals surface area (Å²) >= 11 is 0. The summed E-state index contributed by atoms with van der Waals surface area (Å²) in [5.41, 5.74) is 1.37. The van der Waals surface area contributed by atoms with E-state index in [0.717, 1.165) is 5.69 Å². The Morgan fingerprint density at radius 3 is 2.69 bits per heavy atom. The van der Waals surface area contributed by atoms with E-state index in [1.54, 1.807) is 18.5 Å². The van der Waals surface area contributed by atoms with Gasteiger partial charge in [-0.15, -0.1) is 0 Å². The lowest BCUT2D eigenvalue weighted by molar-refractivity contribution is 0.633. The molecule has 0 saturated carbocycles. The van der Waals surface area contributed by atoms with Crippen molar-refractivity contribution < 1.29 is 0 Å². The van der Waals surface area contributed by atoms with Crippen molar-refractivity contribution in [3.05, 3.63) is 24.0 Å². The van der Waals surface area contributed by atoms with Gasteiger partial charge >= 0.3 is 0 Å². The van der Waals surface area contributed by atoms with Gasteiger partial charge in [0.2, 0.25) is 0 Å². The minimum atomic E-state index is -0.0470. The first-order chi connectivity index (χ1) is 6.03. The minimum Gasteiger partial charge on any atom is -0.378 e. The van der Waals surface area contributed by atoms with Gasteiger partial charge in [0.05, 0.1) is 17.4 Å². The van der Waals surface area contributed by atoms with Gasteiger partial charge in [0.1, 0.15) is 6.07 Å². The molecule has 0 aliphatic carbocycles. The van der Waals surface area contributed by atoms with Crippen molar-refractivity contribution >= 4 is 5.69 Å². The van der Waals surface area contributed by atoms with Crippen LogP contribution < -0.4 is 5.32 Å². The van der Waals surface area contributed by atoms with Crippen molar-refractivity contribution in [3.8, 4) is 6.07 Å². The molecule has 1 rings (SSSR count). The first-order valence-electron chi connectivity index (χ1n) is 4.15. The number of anilines is 1. The number of nitrogens with one attached hydrogen (secondary N) is 1. The molecule has 0 atom stereocenters. The normalized spacial score (nSPS) is 10.6. The van der Waals surface area contributed by atoms with Crippen molar-refractivity contribution in [2.45, 2.75) is 26.3 Å². The molecule has 0 aromatic carbocycles. The maximum Gasteiger partial charge on any atom is 0.101 e. The Morgan fingerprint density at radius 1 is 1.46 bits per heavy atom. The molecule has 0 bridgehead atoms. The zero-order valence-corrected chi connectivity index (χ0v) is 8.13. The molecule has 1 aromatic heterocycles. The van der Waals surface area contributed by atoms with Crippen molar-refractivity contribution in [1.82, 2.24) is 4.98 Å². The van der Waals surface area contributed by atoms with E-state index < -0.39 is 0 Å². The third-order valence-electron chi connectivity index (χ3n) is 1.45. The lowest BCUT2D eigenvalue weighted by atomic mass is 10.1. The maximum absolute atomic E-state index is 8.80. The SMILES string of the molecule is CC(C)(C)Nc1cnccc1C#N. The molecule has 0 amide bonds. The number of hydrogen-bond donors (Lipinski definition) is 1. The van der Waals surface area contributed by atoms with E-state index in [-0.39, 0.29) is 5.54 Å². The summed E-state index contributed by atoms with van der Waals surface area (Å²) in [5, 5.41) is 12.0. The molecule has 1 N–H and O–H groups in total. The third kappa shape index (κ3) is 2.75. The molecule has 1 heterocycles. The Morgan fingerprint density at radius 2 is 2.15 bits per heavy atom. The summed E-state index contributed by atoms with van der Waals surface area (Å²) < 4.78 is 0. The molecule has 0 aliphatic rings. The highest BCUT2D eigenvalue weighted by atomic mass is 15.0. The summed E-state index contributed by atoms with van der Waals surface area (Å²) in [6.45, 7) is 6.13. The van der Waals surface area contributed by atoms with E-state index in [1.165, 1.54) is 0 Å². The first-order valence-corrected chi connectivity index (χ1v) is 4.15. The van der Waals surface area contributed by atoms with E-state index >= 15 is 0 Å². The van der Waals surface area contributed by atoms with Gasteiger partial charge in [-0.05, 0) is 26.8 Å². The van der Waals surface area contributed by atoms with Crippen LogP contribution in [0.1, 0.15) is 26.3 Å². The Bertz CT molecular complexity index is 331. The van der Waals surface area contributed by atoms with Gasteiger partial charge in [0, 0.05) is 11.7 Å². The number of aromatic nitrogens is 1. The fourth-order valence-electron chi connectivity index (χ4n) is 0.996. The van der Waals surface area contributed by atoms with Crippen LogP contribution in [0.2, 0.25) is 0 Å². The lowest BCUT2D eigenvalue weighted by Gasteiger charge is -2.22. The number of nitriles is 1. The molecule has 0 fully saturated rings. The number of pyridine rings is 1. The van der Waals surface area contributed by atoms with E-state index in [9.17, 15) is 0 Å². The molecule has 68 valence electrons. The quantitative estimate of drug-likeness (QED) is 0.711. The summed E-state index contributed by atoms with van der Waals surface area (Å²) in [7, 11) is 0. The molecule has 1 aromatic rings. The minimum absolute atomic E-state index is 0.0470. The van der Waals surface area contributed by atoms with Gasteiger partial charge in [0.15, 0.2) is 0 Å². The number of hydrogen-bond acceptors (Lipinski definition) is 3. The van der Waals surface area contributed by atoms with Crippen LogP contribution in [0.5, 0.6) is 0 Å². The predicted molar refractivity (Wildman–Crippen MR) is 52.3 cm³/mol. The van der Waals surface area contributed by atoms with Crippen molar-refractivity contribution in [1.29, 1.82) is 5.26 Å². The van der Waals surface area contributed by atoms with Crippen molar-refractivity contribution in [2.75, 3.05) is 5.32 Å². The highest BCUT2D eigenvalue weighted by molar-refractivity contribution is 5.56. The molecular weight excluding hydrogens is 162 g/mol. The largest absolute Gasteiger partial charge is 0.378 e. The number of rotatable bonds is 1. The van der Waals surface area contributed by atoms with E-state index in [1.807, 2.05) is 20.8 Å². The fourth-order valence-corrected chi connectivity index (χ4v) is 0.996. The lowest BCUT2D eigenvalue weighted by Crippen LogP contribution is -2.26. The molecule has 0 unspecified atom stereocenters. The molecule has 3 nitrogen and oxygen atoms in total. The van der Waals surface area contributed by atoms with Crippen molar-refractivity contribution in [3.63, 3.8) is 0 Å². The second kappa shape index (κ2) is 3.44. The molecule has 0 aliphatic heterocycles. The van der Waals surface area contributed by atoms with Gasteiger partial charge in [0.25, 0.3) is 0 Å². The van der Waals surface area contributed by atoms with Crippen LogP contribution >= 0.6 is 0 Å². The molecule has 0 saturated heterocycles. The van der Waals surface area contributed by atoms with Crippen LogP contribution in [0.15, 0.2) is 18.5 Å². The van der Waals surface area contributed by atoms with Gasteiger partial charge in [-0.2, -0.15) is 5.26 Å². The summed E-state index contributed by atoms with van der Waals surface area (Å²) in [6.07, 6.45) is 3.29. The Balaban J connectivity index is 2.96. The highest BCUT2D eigenvalue weighted by Crippen LogP contribution is 2.17. The van der Waals surface area contributed by atoms with E-state index in [0.29, 0.717) is 5.56 Å². The monoisotopic (exact) mass is 175 g/mol. The Kier molecular flexibility index (Phi) is 2.52. The molecule has 3 heteroatoms. The van der Waals surface area contributed by atoms with Crippen LogP contribution in [-0.2, 0) is 0 Å².